The third-order valence-corrected chi connectivity index (χ3v) is 3.61. The first kappa shape index (κ1) is 14.3. The molecule has 6 heteroatoms. The maximum Gasteiger partial charge on any atom is 0.393 e. The topological polar surface area (TPSA) is 42.1 Å². The number of hydrogen-bond donors (Lipinski definition) is 1. The molecular formula is C13H18F3N3. The van der Waals surface area contributed by atoms with Gasteiger partial charge in [0.25, 0.3) is 0 Å². The van der Waals surface area contributed by atoms with Crippen LogP contribution in [0.3, 0.4) is 0 Å². The summed E-state index contributed by atoms with van der Waals surface area (Å²) < 4.78 is 38.4. The summed E-state index contributed by atoms with van der Waals surface area (Å²) in [6, 6.07) is 5.20. The van der Waals surface area contributed by atoms with E-state index in [1.165, 1.54) is 0 Å². The predicted molar refractivity (Wildman–Crippen MR) is 66.4 cm³/mol. The predicted octanol–water partition coefficient (Wildman–Crippen LogP) is 2.36. The van der Waals surface area contributed by atoms with Gasteiger partial charge in [-0.05, 0) is 31.5 Å². The average Bonchev–Trinajstić information content (AvgIpc) is 2.40. The molecule has 1 aliphatic heterocycles. The van der Waals surface area contributed by atoms with Gasteiger partial charge in [-0.2, -0.15) is 13.2 Å². The Labute approximate surface area is 110 Å². The molecule has 2 atom stereocenters. The number of hydrogen-bond acceptors (Lipinski definition) is 3. The third kappa shape index (κ3) is 3.45. The van der Waals surface area contributed by atoms with Gasteiger partial charge in [0, 0.05) is 19.3 Å². The quantitative estimate of drug-likeness (QED) is 0.919. The van der Waals surface area contributed by atoms with E-state index in [0.29, 0.717) is 13.0 Å². The van der Waals surface area contributed by atoms with Gasteiger partial charge < -0.3 is 5.73 Å². The second kappa shape index (κ2) is 5.88. The molecule has 0 amide bonds. The summed E-state index contributed by atoms with van der Waals surface area (Å²) in [5.41, 5.74) is 6.47. The van der Waals surface area contributed by atoms with Crippen LogP contribution < -0.4 is 5.73 Å². The van der Waals surface area contributed by atoms with Gasteiger partial charge in [0.1, 0.15) is 0 Å². The van der Waals surface area contributed by atoms with Crippen LogP contribution in [0.4, 0.5) is 13.2 Å². The molecule has 106 valence electrons. The van der Waals surface area contributed by atoms with E-state index in [-0.39, 0.29) is 25.6 Å². The summed E-state index contributed by atoms with van der Waals surface area (Å²) in [5, 5.41) is 0. The molecule has 0 bridgehead atoms. The Morgan fingerprint density at radius 2 is 2.21 bits per heavy atom. The van der Waals surface area contributed by atoms with Crippen molar-refractivity contribution in [2.75, 3.05) is 19.6 Å². The minimum Gasteiger partial charge on any atom is -0.329 e. The molecule has 2 unspecified atom stereocenters. The van der Waals surface area contributed by atoms with Crippen molar-refractivity contribution in [2.24, 2.45) is 11.7 Å². The van der Waals surface area contributed by atoms with E-state index in [4.69, 9.17) is 5.73 Å². The molecule has 0 saturated carbocycles. The lowest BCUT2D eigenvalue weighted by Gasteiger charge is -2.38. The van der Waals surface area contributed by atoms with Gasteiger partial charge in [0.2, 0.25) is 0 Å². The highest BCUT2D eigenvalue weighted by Crippen LogP contribution is 2.35. The molecule has 3 nitrogen and oxygen atoms in total. The lowest BCUT2D eigenvalue weighted by Crippen LogP contribution is -2.45. The zero-order valence-electron chi connectivity index (χ0n) is 10.6. The van der Waals surface area contributed by atoms with Crippen molar-refractivity contribution in [3.8, 4) is 0 Å². The number of alkyl halides is 3. The Morgan fingerprint density at radius 1 is 1.42 bits per heavy atom. The van der Waals surface area contributed by atoms with E-state index in [2.05, 4.69) is 4.98 Å². The van der Waals surface area contributed by atoms with Gasteiger partial charge in [0.05, 0.1) is 17.7 Å². The highest BCUT2D eigenvalue weighted by atomic mass is 19.4. The average molecular weight is 273 g/mol. The maximum absolute atomic E-state index is 12.8. The van der Waals surface area contributed by atoms with Crippen LogP contribution >= 0.6 is 0 Å². The van der Waals surface area contributed by atoms with Crippen molar-refractivity contribution in [1.29, 1.82) is 0 Å². The first-order chi connectivity index (χ1) is 9.02. The van der Waals surface area contributed by atoms with E-state index in [9.17, 15) is 13.2 Å². The summed E-state index contributed by atoms with van der Waals surface area (Å²) in [7, 11) is 0. The van der Waals surface area contributed by atoms with Crippen molar-refractivity contribution in [1.82, 2.24) is 9.88 Å². The smallest absolute Gasteiger partial charge is 0.329 e. The van der Waals surface area contributed by atoms with E-state index in [0.717, 1.165) is 5.69 Å². The number of nitrogens with two attached hydrogens (primary N) is 1. The number of pyridine rings is 1. The number of aromatic nitrogens is 1. The van der Waals surface area contributed by atoms with Gasteiger partial charge in [0.15, 0.2) is 0 Å². The normalized spacial score (nSPS) is 23.3. The molecule has 1 fully saturated rings. The number of likely N-dealkylation sites (tertiary alicyclic amines) is 1. The molecule has 1 aromatic rings. The molecule has 0 aliphatic carbocycles. The molecule has 1 aliphatic rings. The van der Waals surface area contributed by atoms with Crippen LogP contribution in [0.2, 0.25) is 0 Å². The van der Waals surface area contributed by atoms with Gasteiger partial charge in [-0.15, -0.1) is 0 Å². The lowest BCUT2D eigenvalue weighted by atomic mass is 9.95. The second-order valence-corrected chi connectivity index (χ2v) is 4.88. The van der Waals surface area contributed by atoms with Gasteiger partial charge in [-0.25, -0.2) is 0 Å². The van der Waals surface area contributed by atoms with Crippen LogP contribution in [0.1, 0.15) is 24.6 Å². The van der Waals surface area contributed by atoms with Crippen molar-refractivity contribution in [2.45, 2.75) is 25.1 Å². The summed E-state index contributed by atoms with van der Waals surface area (Å²) >= 11 is 0. The standard InChI is InChI=1S/C13H18F3N3/c14-13(15,16)10-4-3-7-19(9-10)12(8-17)11-5-1-2-6-18-11/h1-2,5-6,10,12H,3-4,7-9,17H2. The monoisotopic (exact) mass is 273 g/mol. The summed E-state index contributed by atoms with van der Waals surface area (Å²) in [5.74, 6) is -1.25. The van der Waals surface area contributed by atoms with Gasteiger partial charge in [-0.3, -0.25) is 9.88 Å². The van der Waals surface area contributed by atoms with E-state index in [1.54, 1.807) is 12.3 Å². The van der Waals surface area contributed by atoms with Crippen LogP contribution in [0.15, 0.2) is 24.4 Å². The van der Waals surface area contributed by atoms with Crippen LogP contribution in [-0.4, -0.2) is 35.7 Å². The van der Waals surface area contributed by atoms with Gasteiger partial charge in [-0.1, -0.05) is 6.07 Å². The number of nitrogens with zero attached hydrogens (tertiary/aromatic N) is 2. The molecule has 1 saturated heterocycles. The Morgan fingerprint density at radius 3 is 2.79 bits per heavy atom. The summed E-state index contributed by atoms with van der Waals surface area (Å²) in [6.07, 6.45) is -1.72. The Hall–Kier alpha value is -1.14. The van der Waals surface area contributed by atoms with Crippen molar-refractivity contribution < 1.29 is 13.2 Å². The van der Waals surface area contributed by atoms with Crippen molar-refractivity contribution >= 4 is 0 Å². The fourth-order valence-corrected chi connectivity index (χ4v) is 2.59. The highest BCUT2D eigenvalue weighted by molar-refractivity contribution is 5.10. The van der Waals surface area contributed by atoms with E-state index >= 15 is 0 Å². The second-order valence-electron chi connectivity index (χ2n) is 4.88. The summed E-state index contributed by atoms with van der Waals surface area (Å²) in [4.78, 5) is 6.02. The Bertz CT molecular complexity index is 394. The molecule has 0 spiro atoms. The van der Waals surface area contributed by atoms with Crippen LogP contribution in [0.5, 0.6) is 0 Å². The molecule has 0 aromatic carbocycles. The SMILES string of the molecule is NCC(c1ccccn1)N1CCCC(C(F)(F)F)C1. The zero-order chi connectivity index (χ0) is 13.9. The van der Waals surface area contributed by atoms with Crippen molar-refractivity contribution in [3.63, 3.8) is 0 Å². The van der Waals surface area contributed by atoms with Crippen LogP contribution in [0.25, 0.3) is 0 Å². The van der Waals surface area contributed by atoms with Crippen LogP contribution in [0, 0.1) is 5.92 Å². The molecule has 1 aromatic heterocycles. The lowest BCUT2D eigenvalue weighted by molar-refractivity contribution is -0.188. The Kier molecular flexibility index (Phi) is 4.42. The molecular weight excluding hydrogens is 255 g/mol. The maximum atomic E-state index is 12.8. The molecule has 0 radical (unpaired) electrons. The molecule has 2 rings (SSSR count). The Balaban J connectivity index is 2.11. The first-order valence-electron chi connectivity index (χ1n) is 6.44. The fourth-order valence-electron chi connectivity index (χ4n) is 2.59. The minimum absolute atomic E-state index is 0.0158. The first-order valence-corrected chi connectivity index (χ1v) is 6.44. The molecule has 2 N–H and O–H groups in total. The number of halogens is 3. The molecule has 19 heavy (non-hydrogen) atoms. The van der Waals surface area contributed by atoms with E-state index in [1.807, 2.05) is 17.0 Å². The number of piperidine rings is 1. The van der Waals surface area contributed by atoms with E-state index < -0.39 is 12.1 Å². The fraction of sp³-hybridized carbons (Fsp3) is 0.615. The number of rotatable bonds is 3. The van der Waals surface area contributed by atoms with Crippen molar-refractivity contribution in [3.05, 3.63) is 30.1 Å². The van der Waals surface area contributed by atoms with Gasteiger partial charge >= 0.3 is 6.18 Å². The minimum atomic E-state index is -4.12. The zero-order valence-corrected chi connectivity index (χ0v) is 10.6. The summed E-state index contributed by atoms with van der Waals surface area (Å²) in [6.45, 7) is 0.939. The third-order valence-electron chi connectivity index (χ3n) is 3.61. The van der Waals surface area contributed by atoms with Crippen LogP contribution in [-0.2, 0) is 0 Å². The molecule has 2 heterocycles. The highest BCUT2D eigenvalue weighted by Gasteiger charge is 2.42. The largest absolute Gasteiger partial charge is 0.393 e.